The Labute approximate surface area is 526 Å². The van der Waals surface area contributed by atoms with Crippen LogP contribution in [0.3, 0.4) is 0 Å². The molecule has 4 rings (SSSR count). The molecule has 0 aromatic heterocycles. The van der Waals surface area contributed by atoms with Crippen molar-refractivity contribution >= 4 is 47.0 Å². The first-order valence-electron chi connectivity index (χ1n) is 31.1. The van der Waals surface area contributed by atoms with Crippen LogP contribution in [-0.2, 0) is 61.9 Å². The summed E-state index contributed by atoms with van der Waals surface area (Å²) in [7, 11) is 0. The van der Waals surface area contributed by atoms with Crippen LogP contribution in [0.4, 0.5) is 5.69 Å². The Hall–Kier alpha value is -5.13. The number of likely N-dealkylation sites (tertiary alicyclic amines) is 1. The van der Waals surface area contributed by atoms with Gasteiger partial charge in [-0.25, -0.2) is 0 Å². The standard InChI is InChI=1S/C60H101N7O23/c1-38-33-67(37-60(38,4)5)48(74)13-11-9-7-6-8-10-12-44(70)63-31-46(72)65-36-59(2,3)15-14-45(71)64-32-47(73)66-41-29-39(55(81)61-16-18-83-20-22-85-24-26-87-57-53(79)51(77)49(75)42(34-68)89-57)28-40(30-41)56(82)62-17-19-84-21-23-86-25-27-88-58-54(80)52(78)50(76)43(35-69)90-58/h28-30,38,42-43,49-54,57-58,68-69,75-80H,6-27,31-37H2,1-5H3,(H,61,81)(H,62,82)(H,63,70)(H,64,71)(H,65,72)(H,66,73)/t38?,42-,43-,49-,50-,51+,52+,53+,54+,57+,58+/m1/s1. The van der Waals surface area contributed by atoms with Gasteiger partial charge in [0.15, 0.2) is 12.6 Å². The van der Waals surface area contributed by atoms with Gasteiger partial charge in [0.05, 0.1) is 92.4 Å². The van der Waals surface area contributed by atoms with E-state index >= 15 is 0 Å². The first-order valence-corrected chi connectivity index (χ1v) is 31.1. The van der Waals surface area contributed by atoms with Gasteiger partial charge in [-0.3, -0.25) is 33.6 Å². The fraction of sp³-hybridized carbons (Fsp3) is 0.783. The number of ether oxygens (including phenoxy) is 8. The number of benzene rings is 1. The highest BCUT2D eigenvalue weighted by molar-refractivity contribution is 6.03. The summed E-state index contributed by atoms with van der Waals surface area (Å²) in [6.07, 6.45) is -7.53. The SMILES string of the molecule is CC1CN(C(=O)CCCCCCCCC(=O)NCC(=O)NCC(C)(C)CCC(=O)NCC(=O)Nc2cc(C(=O)NCCOCCOCCO[C@H]3O[C@H](CO)[C@@H](O)[C@H](O)[C@@H]3O)cc(C(=O)NCCOCCOCCO[C@H]3O[C@H](CO)[C@@H](O)[C@H](O)[C@@H]3O)c2)CC1(C)C. The van der Waals surface area contributed by atoms with Crippen LogP contribution in [0.15, 0.2) is 18.2 Å². The fourth-order valence-corrected chi connectivity index (χ4v) is 9.73. The third-order valence-corrected chi connectivity index (χ3v) is 15.8. The Morgan fingerprint density at radius 3 is 1.47 bits per heavy atom. The van der Waals surface area contributed by atoms with Gasteiger partial charge in [-0.15, -0.1) is 0 Å². The molecule has 0 spiro atoms. The third-order valence-electron chi connectivity index (χ3n) is 15.8. The maximum Gasteiger partial charge on any atom is 0.251 e. The molecule has 1 unspecified atom stereocenters. The minimum atomic E-state index is -1.58. The van der Waals surface area contributed by atoms with Gasteiger partial charge in [-0.05, 0) is 54.2 Å². The Morgan fingerprint density at radius 1 is 0.544 bits per heavy atom. The van der Waals surface area contributed by atoms with Crippen LogP contribution in [-0.4, -0.2) is 274 Å². The van der Waals surface area contributed by atoms with Gasteiger partial charge in [-0.1, -0.05) is 60.3 Å². The van der Waals surface area contributed by atoms with E-state index in [2.05, 4.69) is 52.7 Å². The predicted molar refractivity (Wildman–Crippen MR) is 321 cm³/mol. The molecule has 3 aliphatic heterocycles. The zero-order valence-corrected chi connectivity index (χ0v) is 52.7. The molecule has 514 valence electrons. The van der Waals surface area contributed by atoms with E-state index in [1.807, 2.05) is 18.7 Å². The van der Waals surface area contributed by atoms with E-state index in [0.717, 1.165) is 45.2 Å². The zero-order chi connectivity index (χ0) is 66.2. The van der Waals surface area contributed by atoms with Crippen molar-refractivity contribution in [3.63, 3.8) is 0 Å². The van der Waals surface area contributed by atoms with Crippen molar-refractivity contribution in [3.8, 4) is 0 Å². The molecule has 3 fully saturated rings. The minimum absolute atomic E-state index is 0.00111. The number of amides is 7. The molecule has 0 aliphatic carbocycles. The topological polar surface area (TPSA) is 431 Å². The van der Waals surface area contributed by atoms with Crippen molar-refractivity contribution in [1.82, 2.24) is 31.5 Å². The highest BCUT2D eigenvalue weighted by Crippen LogP contribution is 2.35. The number of aliphatic hydroxyl groups is 8. The van der Waals surface area contributed by atoms with Gasteiger partial charge in [0.25, 0.3) is 11.8 Å². The van der Waals surface area contributed by atoms with Crippen LogP contribution in [0.1, 0.15) is 120 Å². The Bertz CT molecular complexity index is 2270. The number of nitrogens with zero attached hydrogens (tertiary/aromatic N) is 1. The summed E-state index contributed by atoms with van der Waals surface area (Å²) in [4.78, 5) is 92.5. The third kappa shape index (κ3) is 28.0. The van der Waals surface area contributed by atoms with E-state index in [-0.39, 0.29) is 139 Å². The molecule has 0 bridgehead atoms. The average Bonchev–Trinajstić information content (AvgIpc) is 1.65. The van der Waals surface area contributed by atoms with Crippen molar-refractivity contribution in [3.05, 3.63) is 29.3 Å². The van der Waals surface area contributed by atoms with Crippen LogP contribution in [0.5, 0.6) is 0 Å². The van der Waals surface area contributed by atoms with Crippen molar-refractivity contribution in [2.75, 3.05) is 130 Å². The molecule has 3 saturated heterocycles. The van der Waals surface area contributed by atoms with E-state index in [1.54, 1.807) is 0 Å². The molecular formula is C60H101N7O23. The molecule has 30 heteroatoms. The fourth-order valence-electron chi connectivity index (χ4n) is 9.73. The summed E-state index contributed by atoms with van der Waals surface area (Å²) in [6, 6.07) is 4.01. The first kappa shape index (κ1) is 77.3. The van der Waals surface area contributed by atoms with E-state index in [1.165, 1.54) is 18.2 Å². The molecule has 0 radical (unpaired) electrons. The largest absolute Gasteiger partial charge is 0.394 e. The number of nitrogens with one attached hydrogen (secondary N) is 6. The molecular weight excluding hydrogens is 1190 g/mol. The maximum absolute atomic E-state index is 13.4. The first-order chi connectivity index (χ1) is 42.9. The van der Waals surface area contributed by atoms with Gasteiger partial charge in [0.1, 0.15) is 48.8 Å². The van der Waals surface area contributed by atoms with Crippen molar-refractivity contribution in [2.45, 2.75) is 160 Å². The molecule has 1 aromatic rings. The van der Waals surface area contributed by atoms with Crippen LogP contribution in [0.2, 0.25) is 0 Å². The smallest absolute Gasteiger partial charge is 0.251 e. The van der Waals surface area contributed by atoms with Crippen LogP contribution < -0.4 is 31.9 Å². The highest BCUT2D eigenvalue weighted by atomic mass is 16.7. The lowest BCUT2D eigenvalue weighted by molar-refractivity contribution is -0.302. The zero-order valence-electron chi connectivity index (χ0n) is 52.7. The van der Waals surface area contributed by atoms with Crippen LogP contribution >= 0.6 is 0 Å². The number of carbonyl (C=O) groups excluding carboxylic acids is 7. The van der Waals surface area contributed by atoms with E-state index < -0.39 is 110 Å². The molecule has 3 heterocycles. The number of carbonyl (C=O) groups is 7. The number of rotatable bonds is 43. The average molecular weight is 1290 g/mol. The van der Waals surface area contributed by atoms with E-state index in [4.69, 9.17) is 37.9 Å². The minimum Gasteiger partial charge on any atom is -0.394 e. The molecule has 0 saturated carbocycles. The molecule has 30 nitrogen and oxygen atoms in total. The van der Waals surface area contributed by atoms with Gasteiger partial charge in [-0.2, -0.15) is 0 Å². The quantitative estimate of drug-likeness (QED) is 0.0302. The molecule has 11 atom stereocenters. The van der Waals surface area contributed by atoms with Gasteiger partial charge >= 0.3 is 0 Å². The molecule has 3 aliphatic rings. The number of hydrogen-bond acceptors (Lipinski definition) is 23. The second kappa shape index (κ2) is 40.8. The molecule has 7 amide bonds. The van der Waals surface area contributed by atoms with Crippen molar-refractivity contribution < 1.29 is 112 Å². The Morgan fingerprint density at radius 2 is 0.989 bits per heavy atom. The lowest BCUT2D eigenvalue weighted by atomic mass is 9.84. The highest BCUT2D eigenvalue weighted by Gasteiger charge is 2.45. The summed E-state index contributed by atoms with van der Waals surface area (Å²) in [6.45, 7) is 11.0. The Balaban J connectivity index is 1.14. The van der Waals surface area contributed by atoms with Crippen molar-refractivity contribution in [2.24, 2.45) is 16.7 Å². The number of anilines is 1. The van der Waals surface area contributed by atoms with Crippen LogP contribution in [0, 0.1) is 16.7 Å². The summed E-state index contributed by atoms with van der Waals surface area (Å²) >= 11 is 0. The number of unbranched alkanes of at least 4 members (excludes halogenated alkanes) is 5. The molecule has 14 N–H and O–H groups in total. The van der Waals surface area contributed by atoms with Crippen LogP contribution in [0.25, 0.3) is 0 Å². The van der Waals surface area contributed by atoms with Gasteiger partial charge in [0, 0.05) is 68.8 Å². The number of aliphatic hydroxyl groups excluding tert-OH is 8. The lowest BCUT2D eigenvalue weighted by Gasteiger charge is -2.39. The Kier molecular flexibility index (Phi) is 35.0. The van der Waals surface area contributed by atoms with Gasteiger partial charge in [0.2, 0.25) is 29.5 Å². The van der Waals surface area contributed by atoms with Gasteiger partial charge < -0.3 is 116 Å². The molecule has 90 heavy (non-hydrogen) atoms. The number of hydrogen-bond donors (Lipinski definition) is 14. The van der Waals surface area contributed by atoms with E-state index in [0.29, 0.717) is 31.6 Å². The summed E-state index contributed by atoms with van der Waals surface area (Å²) < 4.78 is 43.3. The summed E-state index contributed by atoms with van der Waals surface area (Å²) in [5, 5.41) is 94.6. The van der Waals surface area contributed by atoms with Crippen molar-refractivity contribution in [1.29, 1.82) is 0 Å². The lowest BCUT2D eigenvalue weighted by Crippen LogP contribution is -2.59. The maximum atomic E-state index is 13.4. The summed E-state index contributed by atoms with van der Waals surface area (Å²) in [5.74, 6) is -2.20. The second-order valence-corrected chi connectivity index (χ2v) is 24.2. The second-order valence-electron chi connectivity index (χ2n) is 24.2. The normalized spacial score (nSPS) is 24.1. The van der Waals surface area contributed by atoms with E-state index in [9.17, 15) is 74.4 Å². The molecule has 1 aromatic carbocycles. The monoisotopic (exact) mass is 1290 g/mol. The summed E-state index contributed by atoms with van der Waals surface area (Å²) in [5.41, 5.74) is -0.308. The predicted octanol–water partition coefficient (Wildman–Crippen LogP) is -2.44.